The van der Waals surface area contributed by atoms with Crippen molar-refractivity contribution >= 4 is 5.97 Å². The fraction of sp³-hybridized carbons (Fsp3) is 0.500. The van der Waals surface area contributed by atoms with E-state index < -0.39 is 12.1 Å². The molecule has 1 aliphatic rings. The maximum atomic E-state index is 10.2. The molecule has 1 aliphatic heterocycles. The Morgan fingerprint density at radius 2 is 2.33 bits per heavy atom. The van der Waals surface area contributed by atoms with Gasteiger partial charge in [0, 0.05) is 0 Å². The molecule has 3 nitrogen and oxygen atoms in total. The lowest BCUT2D eigenvalue weighted by atomic mass is 10.3. The normalized spacial score (nSPS) is 33.0. The van der Waals surface area contributed by atoms with E-state index in [1.54, 1.807) is 19.1 Å². The number of rotatable bonds is 1. The molecule has 0 aromatic heterocycles. The molecule has 1 heterocycles. The summed E-state index contributed by atoms with van der Waals surface area (Å²) in [5, 5.41) is 8.35. The SMILES string of the molecule is C[C@@H]1C=C[C@@H](C(=O)O)O1. The zero-order chi connectivity index (χ0) is 6.85. The quantitative estimate of drug-likeness (QED) is 0.520. The van der Waals surface area contributed by atoms with E-state index in [2.05, 4.69) is 0 Å². The van der Waals surface area contributed by atoms with Crippen LogP contribution in [0.25, 0.3) is 0 Å². The predicted molar refractivity (Wildman–Crippen MR) is 31.1 cm³/mol. The van der Waals surface area contributed by atoms with Crippen molar-refractivity contribution in [2.75, 3.05) is 0 Å². The maximum absolute atomic E-state index is 10.2. The van der Waals surface area contributed by atoms with Crippen LogP contribution in [0.2, 0.25) is 0 Å². The highest BCUT2D eigenvalue weighted by molar-refractivity contribution is 5.75. The highest BCUT2D eigenvalue weighted by Gasteiger charge is 2.21. The molecule has 50 valence electrons. The molecule has 3 heteroatoms. The van der Waals surface area contributed by atoms with Crippen molar-refractivity contribution in [2.45, 2.75) is 19.1 Å². The van der Waals surface area contributed by atoms with Crippen LogP contribution in [-0.4, -0.2) is 23.3 Å². The van der Waals surface area contributed by atoms with Crippen LogP contribution in [0.3, 0.4) is 0 Å². The molecule has 1 N–H and O–H groups in total. The molecule has 9 heavy (non-hydrogen) atoms. The van der Waals surface area contributed by atoms with Crippen LogP contribution in [0.4, 0.5) is 0 Å². The molecule has 0 spiro atoms. The molecule has 0 bridgehead atoms. The van der Waals surface area contributed by atoms with E-state index >= 15 is 0 Å². The van der Waals surface area contributed by atoms with Gasteiger partial charge < -0.3 is 9.84 Å². The summed E-state index contributed by atoms with van der Waals surface area (Å²) < 4.78 is 4.91. The lowest BCUT2D eigenvalue weighted by Gasteiger charge is -2.03. The number of aliphatic carboxylic acids is 1. The molecule has 0 saturated carbocycles. The van der Waals surface area contributed by atoms with Crippen LogP contribution in [0.5, 0.6) is 0 Å². The third-order valence-electron chi connectivity index (χ3n) is 1.16. The molecular formula is C6H8O3. The smallest absolute Gasteiger partial charge is 0.336 e. The first-order valence-electron chi connectivity index (χ1n) is 2.77. The summed E-state index contributed by atoms with van der Waals surface area (Å²) >= 11 is 0. The van der Waals surface area contributed by atoms with Gasteiger partial charge in [-0.3, -0.25) is 0 Å². The van der Waals surface area contributed by atoms with Gasteiger partial charge >= 0.3 is 5.97 Å². The number of carbonyl (C=O) groups is 1. The summed E-state index contributed by atoms with van der Waals surface area (Å²) in [5.74, 6) is -0.921. The van der Waals surface area contributed by atoms with Crippen molar-refractivity contribution in [2.24, 2.45) is 0 Å². The largest absolute Gasteiger partial charge is 0.479 e. The van der Waals surface area contributed by atoms with Gasteiger partial charge in [-0.05, 0) is 13.0 Å². The average Bonchev–Trinajstić information content (AvgIpc) is 2.14. The molecule has 0 aromatic rings. The minimum absolute atomic E-state index is 0.0499. The van der Waals surface area contributed by atoms with Gasteiger partial charge in [0.2, 0.25) is 0 Å². The Balaban J connectivity index is 2.50. The Bertz CT molecular complexity index is 150. The Kier molecular flexibility index (Phi) is 1.53. The fourth-order valence-electron chi connectivity index (χ4n) is 0.720. The van der Waals surface area contributed by atoms with Gasteiger partial charge in [-0.25, -0.2) is 4.79 Å². The number of hydrogen-bond donors (Lipinski definition) is 1. The van der Waals surface area contributed by atoms with E-state index in [0.29, 0.717) is 0 Å². The fourth-order valence-corrected chi connectivity index (χ4v) is 0.720. The van der Waals surface area contributed by atoms with Gasteiger partial charge in [0.05, 0.1) is 6.10 Å². The summed E-state index contributed by atoms with van der Waals surface area (Å²) in [6.07, 6.45) is 2.51. The van der Waals surface area contributed by atoms with Crippen molar-refractivity contribution in [3.63, 3.8) is 0 Å². The van der Waals surface area contributed by atoms with E-state index in [-0.39, 0.29) is 6.10 Å². The first-order chi connectivity index (χ1) is 4.20. The van der Waals surface area contributed by atoms with E-state index in [1.807, 2.05) is 0 Å². The topological polar surface area (TPSA) is 46.5 Å². The number of carboxylic acid groups (broad SMARTS) is 1. The second kappa shape index (κ2) is 2.19. The number of carboxylic acids is 1. The van der Waals surface area contributed by atoms with E-state index in [1.165, 1.54) is 0 Å². The third kappa shape index (κ3) is 1.29. The van der Waals surface area contributed by atoms with Gasteiger partial charge in [0.15, 0.2) is 6.10 Å². The lowest BCUT2D eigenvalue weighted by Crippen LogP contribution is -2.19. The zero-order valence-corrected chi connectivity index (χ0v) is 5.07. The maximum Gasteiger partial charge on any atom is 0.336 e. The van der Waals surface area contributed by atoms with Gasteiger partial charge in [-0.1, -0.05) is 6.08 Å². The van der Waals surface area contributed by atoms with Gasteiger partial charge in [-0.15, -0.1) is 0 Å². The van der Waals surface area contributed by atoms with Crippen LogP contribution in [0.1, 0.15) is 6.92 Å². The van der Waals surface area contributed by atoms with Crippen LogP contribution in [0.15, 0.2) is 12.2 Å². The molecule has 0 saturated heterocycles. The minimum atomic E-state index is -0.921. The summed E-state index contributed by atoms with van der Waals surface area (Å²) in [6, 6.07) is 0. The lowest BCUT2D eigenvalue weighted by molar-refractivity contribution is -0.147. The van der Waals surface area contributed by atoms with E-state index in [4.69, 9.17) is 9.84 Å². The molecule has 0 unspecified atom stereocenters. The summed E-state index contributed by atoms with van der Waals surface area (Å²) in [4.78, 5) is 10.2. The van der Waals surface area contributed by atoms with Crippen molar-refractivity contribution in [3.8, 4) is 0 Å². The molecule has 0 radical (unpaired) electrons. The minimum Gasteiger partial charge on any atom is -0.479 e. The van der Waals surface area contributed by atoms with Crippen LogP contribution < -0.4 is 0 Å². The Labute approximate surface area is 52.9 Å². The zero-order valence-electron chi connectivity index (χ0n) is 5.07. The van der Waals surface area contributed by atoms with Crippen LogP contribution >= 0.6 is 0 Å². The van der Waals surface area contributed by atoms with Crippen molar-refractivity contribution in [3.05, 3.63) is 12.2 Å². The molecule has 0 aromatic carbocycles. The summed E-state index contributed by atoms with van der Waals surface area (Å²) in [7, 11) is 0. The van der Waals surface area contributed by atoms with Gasteiger partial charge in [0.25, 0.3) is 0 Å². The summed E-state index contributed by atoms with van der Waals surface area (Å²) in [5.41, 5.74) is 0. The molecule has 0 fully saturated rings. The Morgan fingerprint density at radius 3 is 2.56 bits per heavy atom. The first kappa shape index (κ1) is 6.29. The van der Waals surface area contributed by atoms with Crippen LogP contribution in [0, 0.1) is 0 Å². The highest BCUT2D eigenvalue weighted by Crippen LogP contribution is 2.09. The second-order valence-corrected chi connectivity index (χ2v) is 1.98. The standard InChI is InChI=1S/C6H8O3/c1-4-2-3-5(9-4)6(7)8/h2-5H,1H3,(H,7,8)/t4-,5+/m1/s1. The molecule has 0 aliphatic carbocycles. The Hall–Kier alpha value is -0.830. The molecule has 2 atom stereocenters. The highest BCUT2D eigenvalue weighted by atomic mass is 16.5. The van der Waals surface area contributed by atoms with Crippen molar-refractivity contribution in [1.29, 1.82) is 0 Å². The van der Waals surface area contributed by atoms with Crippen molar-refractivity contribution in [1.82, 2.24) is 0 Å². The van der Waals surface area contributed by atoms with E-state index in [9.17, 15) is 4.79 Å². The van der Waals surface area contributed by atoms with Gasteiger partial charge in [-0.2, -0.15) is 0 Å². The number of hydrogen-bond acceptors (Lipinski definition) is 2. The predicted octanol–water partition coefficient (Wildman–Crippen LogP) is 0.414. The molecular weight excluding hydrogens is 120 g/mol. The number of ether oxygens (including phenoxy) is 1. The summed E-state index contributed by atoms with van der Waals surface area (Å²) in [6.45, 7) is 1.81. The monoisotopic (exact) mass is 128 g/mol. The van der Waals surface area contributed by atoms with E-state index in [0.717, 1.165) is 0 Å². The van der Waals surface area contributed by atoms with Crippen molar-refractivity contribution < 1.29 is 14.6 Å². The third-order valence-corrected chi connectivity index (χ3v) is 1.16. The molecule has 0 amide bonds. The molecule has 1 rings (SSSR count). The Morgan fingerprint density at radius 1 is 1.67 bits per heavy atom. The first-order valence-corrected chi connectivity index (χ1v) is 2.77. The van der Waals surface area contributed by atoms with Crippen LogP contribution in [-0.2, 0) is 9.53 Å². The average molecular weight is 128 g/mol. The van der Waals surface area contributed by atoms with Gasteiger partial charge in [0.1, 0.15) is 0 Å². The second-order valence-electron chi connectivity index (χ2n) is 1.98.